The van der Waals surface area contributed by atoms with Crippen molar-refractivity contribution in [2.45, 2.75) is 25.3 Å². The molecule has 102 valence electrons. The second-order valence-corrected chi connectivity index (χ2v) is 3.55. The number of hydrogen-bond acceptors (Lipinski definition) is 4. The molecule has 1 unspecified atom stereocenters. The first-order valence-electron chi connectivity index (χ1n) is 5.55. The van der Waals surface area contributed by atoms with Crippen LogP contribution in [0, 0.1) is 0 Å². The fraction of sp³-hybridized carbons (Fsp3) is 0.778. The molecule has 0 fully saturated rings. The molecule has 18 heavy (non-hydrogen) atoms. The first-order valence-corrected chi connectivity index (χ1v) is 5.55. The Morgan fingerprint density at radius 3 is 2.83 bits per heavy atom. The van der Waals surface area contributed by atoms with Crippen LogP contribution in [0.3, 0.4) is 0 Å². The molecule has 0 aliphatic carbocycles. The summed E-state index contributed by atoms with van der Waals surface area (Å²) in [5, 5.41) is 14.3. The maximum absolute atomic E-state index is 11.0. The SMILES string of the molecule is [N-]=[N+]=NCCOC(=O)NCCCCC([NH3+])C(=O)O. The number of carboxylic acids is 1. The molecule has 0 heterocycles. The zero-order valence-electron chi connectivity index (χ0n) is 10.0. The zero-order valence-corrected chi connectivity index (χ0v) is 10.0. The molecule has 0 aromatic heterocycles. The van der Waals surface area contributed by atoms with Gasteiger partial charge < -0.3 is 20.9 Å². The number of unbranched alkanes of at least 4 members (excludes halogenated alkanes) is 1. The second-order valence-electron chi connectivity index (χ2n) is 3.55. The molecule has 0 aromatic rings. The topological polar surface area (TPSA) is 152 Å². The van der Waals surface area contributed by atoms with Gasteiger partial charge in [0, 0.05) is 17.9 Å². The normalized spacial score (nSPS) is 11.2. The van der Waals surface area contributed by atoms with Gasteiger partial charge in [-0.15, -0.1) is 0 Å². The van der Waals surface area contributed by atoms with E-state index in [1.165, 1.54) is 0 Å². The number of hydrogen-bond donors (Lipinski definition) is 3. The summed E-state index contributed by atoms with van der Waals surface area (Å²) in [6.45, 7) is 0.550. The summed E-state index contributed by atoms with van der Waals surface area (Å²) >= 11 is 0. The molecule has 9 nitrogen and oxygen atoms in total. The van der Waals surface area contributed by atoms with E-state index in [0.717, 1.165) is 0 Å². The van der Waals surface area contributed by atoms with Crippen LogP contribution in [0.25, 0.3) is 10.4 Å². The fourth-order valence-electron chi connectivity index (χ4n) is 1.10. The Morgan fingerprint density at radius 1 is 1.50 bits per heavy atom. The summed E-state index contributed by atoms with van der Waals surface area (Å²) in [5.74, 6) is -0.916. The molecule has 0 saturated carbocycles. The van der Waals surface area contributed by atoms with Crippen molar-refractivity contribution in [3.05, 3.63) is 10.4 Å². The summed E-state index contributed by atoms with van der Waals surface area (Å²) in [6.07, 6.45) is 1.22. The van der Waals surface area contributed by atoms with Gasteiger partial charge in [0.15, 0.2) is 6.04 Å². The molecule has 0 saturated heterocycles. The van der Waals surface area contributed by atoms with Crippen molar-refractivity contribution in [1.29, 1.82) is 0 Å². The lowest BCUT2D eigenvalue weighted by atomic mass is 10.1. The van der Waals surface area contributed by atoms with Crippen molar-refractivity contribution >= 4 is 12.1 Å². The first kappa shape index (κ1) is 16.0. The van der Waals surface area contributed by atoms with Crippen LogP contribution in [-0.2, 0) is 9.53 Å². The summed E-state index contributed by atoms with van der Waals surface area (Å²) in [6, 6.07) is -0.610. The van der Waals surface area contributed by atoms with Crippen molar-refractivity contribution in [3.63, 3.8) is 0 Å². The number of carbonyl (C=O) groups is 2. The number of quaternary nitrogens is 1. The highest BCUT2D eigenvalue weighted by atomic mass is 16.5. The van der Waals surface area contributed by atoms with Crippen LogP contribution in [0.5, 0.6) is 0 Å². The van der Waals surface area contributed by atoms with E-state index < -0.39 is 18.1 Å². The average Bonchev–Trinajstić information content (AvgIpc) is 2.33. The average molecular weight is 260 g/mol. The van der Waals surface area contributed by atoms with Gasteiger partial charge in [-0.3, -0.25) is 0 Å². The first-order chi connectivity index (χ1) is 8.57. The van der Waals surface area contributed by atoms with Crippen molar-refractivity contribution < 1.29 is 25.2 Å². The van der Waals surface area contributed by atoms with Crippen LogP contribution in [0.4, 0.5) is 4.79 Å². The molecule has 0 bridgehead atoms. The van der Waals surface area contributed by atoms with E-state index in [1.54, 1.807) is 0 Å². The highest BCUT2D eigenvalue weighted by Crippen LogP contribution is 1.97. The monoisotopic (exact) mass is 260 g/mol. The Kier molecular flexibility index (Phi) is 9.06. The molecule has 0 radical (unpaired) electrons. The maximum atomic E-state index is 11.0. The zero-order chi connectivity index (χ0) is 13.8. The molecule has 0 rings (SSSR count). The predicted molar refractivity (Wildman–Crippen MR) is 61.5 cm³/mol. The Bertz CT molecular complexity index is 316. The highest BCUT2D eigenvalue weighted by molar-refractivity contribution is 5.71. The van der Waals surface area contributed by atoms with E-state index in [4.69, 9.17) is 10.6 Å². The Morgan fingerprint density at radius 2 is 2.22 bits per heavy atom. The number of rotatable bonds is 9. The van der Waals surface area contributed by atoms with E-state index in [9.17, 15) is 9.59 Å². The summed E-state index contributed by atoms with van der Waals surface area (Å²) < 4.78 is 4.69. The molecular formula is C9H18N5O4+. The largest absolute Gasteiger partial charge is 0.477 e. The summed E-state index contributed by atoms with van der Waals surface area (Å²) in [4.78, 5) is 24.0. The lowest BCUT2D eigenvalue weighted by Crippen LogP contribution is -2.64. The van der Waals surface area contributed by atoms with Gasteiger partial charge in [-0.2, -0.15) is 0 Å². The van der Waals surface area contributed by atoms with Gasteiger partial charge in [0.1, 0.15) is 0 Å². The number of carbonyl (C=O) groups excluding carboxylic acids is 1. The lowest BCUT2D eigenvalue weighted by molar-refractivity contribution is -0.409. The number of azide groups is 1. The second kappa shape index (κ2) is 10.2. The third kappa shape index (κ3) is 9.25. The molecule has 1 amide bonds. The highest BCUT2D eigenvalue weighted by Gasteiger charge is 2.14. The third-order valence-corrected chi connectivity index (χ3v) is 2.09. The number of carboxylic acid groups (broad SMARTS) is 1. The van der Waals surface area contributed by atoms with Gasteiger partial charge in [0.25, 0.3) is 0 Å². The van der Waals surface area contributed by atoms with Crippen LogP contribution in [0.1, 0.15) is 19.3 Å². The van der Waals surface area contributed by atoms with Gasteiger partial charge >= 0.3 is 12.1 Å². The molecule has 1 atom stereocenters. The predicted octanol–water partition coefficient (Wildman–Crippen LogP) is -0.112. The number of nitrogens with one attached hydrogen (secondary N) is 1. The van der Waals surface area contributed by atoms with Crippen molar-refractivity contribution in [2.75, 3.05) is 19.7 Å². The van der Waals surface area contributed by atoms with Crippen molar-refractivity contribution in [3.8, 4) is 0 Å². The minimum absolute atomic E-state index is 0.0376. The molecule has 0 spiro atoms. The summed E-state index contributed by atoms with van der Waals surface area (Å²) in [7, 11) is 0. The fourth-order valence-corrected chi connectivity index (χ4v) is 1.10. The van der Waals surface area contributed by atoms with Crippen LogP contribution in [-0.4, -0.2) is 42.9 Å². The lowest BCUT2D eigenvalue weighted by Gasteiger charge is -2.06. The number of nitrogens with zero attached hydrogens (tertiary/aromatic N) is 3. The van der Waals surface area contributed by atoms with Crippen LogP contribution < -0.4 is 11.1 Å². The van der Waals surface area contributed by atoms with Gasteiger partial charge in [-0.05, 0) is 18.4 Å². The molecule has 9 heteroatoms. The smallest absolute Gasteiger partial charge is 0.407 e. The minimum Gasteiger partial charge on any atom is -0.477 e. The Hall–Kier alpha value is -1.99. The van der Waals surface area contributed by atoms with Crippen LogP contribution in [0.2, 0.25) is 0 Å². The molecule has 0 aliphatic rings. The number of aliphatic carboxylic acids is 1. The van der Waals surface area contributed by atoms with E-state index in [2.05, 4.69) is 25.8 Å². The maximum Gasteiger partial charge on any atom is 0.407 e. The van der Waals surface area contributed by atoms with Crippen LogP contribution >= 0.6 is 0 Å². The molecular weight excluding hydrogens is 242 g/mol. The third-order valence-electron chi connectivity index (χ3n) is 2.09. The Labute approximate surface area is 104 Å². The van der Waals surface area contributed by atoms with E-state index >= 15 is 0 Å². The van der Waals surface area contributed by atoms with Crippen molar-refractivity contribution in [2.24, 2.45) is 5.11 Å². The molecule has 0 aromatic carbocycles. The number of amides is 1. The van der Waals surface area contributed by atoms with Gasteiger partial charge in [0.2, 0.25) is 0 Å². The number of alkyl carbamates (subject to hydrolysis) is 1. The quantitative estimate of drug-likeness (QED) is 0.229. The molecule has 5 N–H and O–H groups in total. The van der Waals surface area contributed by atoms with Crippen molar-refractivity contribution in [1.82, 2.24) is 5.32 Å². The van der Waals surface area contributed by atoms with E-state index in [-0.39, 0.29) is 13.2 Å². The Balaban J connectivity index is 3.40. The standard InChI is InChI=1S/C9H17N5O4/c10-7(8(15)16)3-1-2-4-12-9(17)18-6-5-13-14-11/h7H,1-6,10H2,(H,12,17)(H,15,16)/p+1. The van der Waals surface area contributed by atoms with Gasteiger partial charge in [0.05, 0.1) is 13.2 Å². The number of ether oxygens (including phenoxy) is 1. The van der Waals surface area contributed by atoms with Gasteiger partial charge in [-0.1, -0.05) is 5.11 Å². The van der Waals surface area contributed by atoms with Crippen LogP contribution in [0.15, 0.2) is 5.11 Å². The van der Waals surface area contributed by atoms with Gasteiger partial charge in [-0.25, -0.2) is 9.59 Å². The summed E-state index contributed by atoms with van der Waals surface area (Å²) in [5.41, 5.74) is 11.4. The molecule has 0 aliphatic heterocycles. The van der Waals surface area contributed by atoms with E-state index in [1.807, 2.05) is 0 Å². The van der Waals surface area contributed by atoms with E-state index in [0.29, 0.717) is 25.8 Å². The minimum atomic E-state index is -0.916.